The van der Waals surface area contributed by atoms with Crippen LogP contribution in [0.25, 0.3) is 0 Å². The number of methoxy groups -OCH3 is 1. The van der Waals surface area contributed by atoms with E-state index in [1.54, 1.807) is 26.1 Å². The molecule has 4 heteroatoms. The molecule has 0 heterocycles. The molecule has 0 bridgehead atoms. The summed E-state index contributed by atoms with van der Waals surface area (Å²) in [5.74, 6) is 0.804. The molecule has 1 aromatic carbocycles. The number of benzene rings is 1. The molecule has 1 N–H and O–H groups in total. The molecule has 0 atom stereocenters. The lowest BCUT2D eigenvalue weighted by atomic mass is 10.2. The Hall–Kier alpha value is -1.71. The molecule has 0 aliphatic heterocycles. The Kier molecular flexibility index (Phi) is 3.97. The molecule has 1 rings (SSSR count). The van der Waals surface area contributed by atoms with Crippen molar-refractivity contribution in [3.63, 3.8) is 0 Å². The highest BCUT2D eigenvalue weighted by atomic mass is 16.5. The van der Waals surface area contributed by atoms with Crippen LogP contribution in [0.3, 0.4) is 0 Å². The van der Waals surface area contributed by atoms with Gasteiger partial charge >= 0.3 is 6.03 Å². The van der Waals surface area contributed by atoms with E-state index in [1.165, 1.54) is 0 Å². The van der Waals surface area contributed by atoms with E-state index in [0.29, 0.717) is 6.54 Å². The molecule has 0 spiro atoms. The number of hydrogen-bond donors (Lipinski definition) is 1. The van der Waals surface area contributed by atoms with Crippen molar-refractivity contribution >= 4 is 6.03 Å². The molecule has 4 nitrogen and oxygen atoms in total. The van der Waals surface area contributed by atoms with Crippen LogP contribution in [0.15, 0.2) is 24.3 Å². The van der Waals surface area contributed by atoms with Gasteiger partial charge in [0.25, 0.3) is 0 Å². The van der Waals surface area contributed by atoms with Crippen molar-refractivity contribution in [1.82, 2.24) is 10.2 Å². The molecule has 0 radical (unpaired) electrons. The van der Waals surface area contributed by atoms with Gasteiger partial charge in [-0.3, -0.25) is 0 Å². The van der Waals surface area contributed by atoms with E-state index in [1.807, 2.05) is 24.3 Å². The van der Waals surface area contributed by atoms with Gasteiger partial charge in [-0.1, -0.05) is 12.1 Å². The van der Waals surface area contributed by atoms with Gasteiger partial charge in [0, 0.05) is 20.6 Å². The van der Waals surface area contributed by atoms with E-state index in [2.05, 4.69) is 5.32 Å². The summed E-state index contributed by atoms with van der Waals surface area (Å²) in [6.45, 7) is 0.566. The van der Waals surface area contributed by atoms with E-state index in [-0.39, 0.29) is 6.03 Å². The lowest BCUT2D eigenvalue weighted by molar-refractivity contribution is 0.209. The molecule has 82 valence electrons. The highest BCUT2D eigenvalue weighted by Crippen LogP contribution is 2.13. The van der Waals surface area contributed by atoms with Gasteiger partial charge in [0.05, 0.1) is 7.11 Å². The predicted molar refractivity (Wildman–Crippen MR) is 58.9 cm³/mol. The molecule has 0 aliphatic rings. The smallest absolute Gasteiger partial charge is 0.317 e. The van der Waals surface area contributed by atoms with Crippen molar-refractivity contribution in [2.24, 2.45) is 0 Å². The fraction of sp³-hybridized carbons (Fsp3) is 0.364. The van der Waals surface area contributed by atoms with E-state index >= 15 is 0 Å². The largest absolute Gasteiger partial charge is 0.497 e. The van der Waals surface area contributed by atoms with Crippen molar-refractivity contribution < 1.29 is 9.53 Å². The maximum absolute atomic E-state index is 11.3. The molecule has 0 fully saturated rings. The topological polar surface area (TPSA) is 41.6 Å². The van der Waals surface area contributed by atoms with Crippen LogP contribution in [0.5, 0.6) is 5.75 Å². The Bertz CT molecular complexity index is 339. The zero-order valence-electron chi connectivity index (χ0n) is 9.28. The number of hydrogen-bond acceptors (Lipinski definition) is 2. The highest BCUT2D eigenvalue weighted by Gasteiger charge is 2.06. The van der Waals surface area contributed by atoms with Gasteiger partial charge in [0.1, 0.15) is 5.75 Å². The van der Waals surface area contributed by atoms with E-state index in [4.69, 9.17) is 4.74 Å². The summed E-state index contributed by atoms with van der Waals surface area (Å²) in [5.41, 5.74) is 1.04. The Morgan fingerprint density at radius 2 is 2.27 bits per heavy atom. The Morgan fingerprint density at radius 3 is 2.87 bits per heavy atom. The van der Waals surface area contributed by atoms with Gasteiger partial charge in [-0.15, -0.1) is 0 Å². The first-order valence-electron chi connectivity index (χ1n) is 4.73. The fourth-order valence-electron chi connectivity index (χ4n) is 1.31. The Labute approximate surface area is 89.8 Å². The maximum Gasteiger partial charge on any atom is 0.317 e. The van der Waals surface area contributed by atoms with E-state index in [9.17, 15) is 4.79 Å². The quantitative estimate of drug-likeness (QED) is 0.817. The second kappa shape index (κ2) is 5.24. The monoisotopic (exact) mass is 208 g/mol. The van der Waals surface area contributed by atoms with Gasteiger partial charge < -0.3 is 15.0 Å². The number of ether oxygens (including phenoxy) is 1. The van der Waals surface area contributed by atoms with E-state index in [0.717, 1.165) is 11.3 Å². The van der Waals surface area contributed by atoms with Crippen LogP contribution >= 0.6 is 0 Å². The summed E-state index contributed by atoms with van der Waals surface area (Å²) in [6, 6.07) is 7.56. The van der Waals surface area contributed by atoms with E-state index < -0.39 is 0 Å². The molecular weight excluding hydrogens is 192 g/mol. The predicted octanol–water partition coefficient (Wildman–Crippen LogP) is 1.47. The van der Waals surface area contributed by atoms with Crippen LogP contribution in [0.2, 0.25) is 0 Å². The third-order valence-electron chi connectivity index (χ3n) is 2.11. The number of amides is 2. The Balaban J connectivity index is 2.67. The first kappa shape index (κ1) is 11.4. The average Bonchev–Trinajstić information content (AvgIpc) is 2.28. The minimum atomic E-state index is -0.0992. The lowest BCUT2D eigenvalue weighted by Gasteiger charge is -2.16. The fourth-order valence-corrected chi connectivity index (χ4v) is 1.31. The SMILES string of the molecule is CNC(=O)N(C)Cc1cccc(OC)c1. The van der Waals surface area contributed by atoms with Crippen LogP contribution in [0.1, 0.15) is 5.56 Å². The number of rotatable bonds is 3. The summed E-state index contributed by atoms with van der Waals surface area (Å²) in [5, 5.41) is 2.57. The third-order valence-corrected chi connectivity index (χ3v) is 2.11. The molecule has 0 aliphatic carbocycles. The summed E-state index contributed by atoms with van der Waals surface area (Å²) in [4.78, 5) is 12.9. The number of carbonyl (C=O) groups is 1. The lowest BCUT2D eigenvalue weighted by Crippen LogP contribution is -2.34. The highest BCUT2D eigenvalue weighted by molar-refractivity contribution is 5.73. The summed E-state index contributed by atoms with van der Waals surface area (Å²) in [7, 11) is 4.99. The van der Waals surface area contributed by atoms with Gasteiger partial charge in [-0.2, -0.15) is 0 Å². The van der Waals surface area contributed by atoms with Crippen LogP contribution < -0.4 is 10.1 Å². The van der Waals surface area contributed by atoms with Crippen LogP contribution in [-0.2, 0) is 6.54 Å². The summed E-state index contributed by atoms with van der Waals surface area (Å²) in [6.07, 6.45) is 0. The number of carbonyl (C=O) groups excluding carboxylic acids is 1. The standard InChI is InChI=1S/C11H16N2O2/c1-12-11(14)13(2)8-9-5-4-6-10(7-9)15-3/h4-7H,8H2,1-3H3,(H,12,14). The van der Waals surface area contributed by atoms with Crippen LogP contribution in [0, 0.1) is 0 Å². The minimum Gasteiger partial charge on any atom is -0.497 e. The average molecular weight is 208 g/mol. The van der Waals surface area contributed by atoms with Crippen molar-refractivity contribution in [2.45, 2.75) is 6.54 Å². The summed E-state index contributed by atoms with van der Waals surface area (Å²) >= 11 is 0. The molecule has 0 saturated heterocycles. The molecule has 0 aromatic heterocycles. The molecule has 1 aromatic rings. The minimum absolute atomic E-state index is 0.0992. The zero-order valence-corrected chi connectivity index (χ0v) is 9.28. The molecule has 0 unspecified atom stereocenters. The normalized spacial score (nSPS) is 9.53. The second-order valence-corrected chi connectivity index (χ2v) is 3.26. The van der Waals surface area contributed by atoms with Crippen molar-refractivity contribution in [3.05, 3.63) is 29.8 Å². The van der Waals surface area contributed by atoms with Crippen LogP contribution in [0.4, 0.5) is 4.79 Å². The van der Waals surface area contributed by atoms with Gasteiger partial charge in [-0.05, 0) is 17.7 Å². The van der Waals surface area contributed by atoms with Crippen molar-refractivity contribution in [1.29, 1.82) is 0 Å². The molecule has 0 saturated carbocycles. The number of nitrogens with one attached hydrogen (secondary N) is 1. The van der Waals surface area contributed by atoms with Gasteiger partial charge in [0.2, 0.25) is 0 Å². The van der Waals surface area contributed by atoms with Crippen molar-refractivity contribution in [2.75, 3.05) is 21.2 Å². The number of urea groups is 1. The van der Waals surface area contributed by atoms with Crippen LogP contribution in [-0.4, -0.2) is 32.1 Å². The summed E-state index contributed by atoms with van der Waals surface area (Å²) < 4.78 is 5.10. The third kappa shape index (κ3) is 3.16. The maximum atomic E-state index is 11.3. The number of nitrogens with zero attached hydrogens (tertiary/aromatic N) is 1. The first-order valence-corrected chi connectivity index (χ1v) is 4.73. The molecular formula is C11H16N2O2. The first-order chi connectivity index (χ1) is 7.17. The Morgan fingerprint density at radius 1 is 1.53 bits per heavy atom. The second-order valence-electron chi connectivity index (χ2n) is 3.26. The van der Waals surface area contributed by atoms with Crippen molar-refractivity contribution in [3.8, 4) is 5.75 Å². The van der Waals surface area contributed by atoms with Gasteiger partial charge in [0.15, 0.2) is 0 Å². The molecule has 2 amide bonds. The molecule has 15 heavy (non-hydrogen) atoms. The van der Waals surface area contributed by atoms with Gasteiger partial charge in [-0.25, -0.2) is 4.79 Å². The zero-order chi connectivity index (χ0) is 11.3.